The maximum atomic E-state index is 13.4. The molecule has 8 nitrogen and oxygen atoms in total. The van der Waals surface area contributed by atoms with E-state index in [4.69, 9.17) is 28.9 Å². The zero-order chi connectivity index (χ0) is 30.9. The van der Waals surface area contributed by atoms with Crippen LogP contribution in [0.5, 0.6) is 0 Å². The largest absolute Gasteiger partial charge is 0.366 e. The van der Waals surface area contributed by atoms with E-state index in [1.807, 2.05) is 0 Å². The van der Waals surface area contributed by atoms with Gasteiger partial charge in [0.05, 0.1) is 16.5 Å². The summed E-state index contributed by atoms with van der Waals surface area (Å²) >= 11 is 13.9. The Hall–Kier alpha value is -4.57. The fourth-order valence-electron chi connectivity index (χ4n) is 3.88. The second-order valence-electron chi connectivity index (χ2n) is 9.15. The van der Waals surface area contributed by atoms with E-state index in [1.54, 1.807) is 97.9 Å². The maximum Gasteiger partial charge on any atom is 0.272 e. The van der Waals surface area contributed by atoms with Gasteiger partial charge >= 0.3 is 0 Å². The molecule has 4 aromatic rings. The third-order valence-corrected chi connectivity index (χ3v) is 7.79. The van der Waals surface area contributed by atoms with Gasteiger partial charge in [-0.15, -0.1) is 11.8 Å². The van der Waals surface area contributed by atoms with Crippen LogP contribution in [0.1, 0.15) is 33.2 Å². The second kappa shape index (κ2) is 14.6. The summed E-state index contributed by atoms with van der Waals surface area (Å²) in [5.74, 6) is -2.09. The molecule has 11 heteroatoms. The highest BCUT2D eigenvalue weighted by Crippen LogP contribution is 2.29. The number of rotatable bonds is 10. The number of thioether (sulfide) groups is 1. The number of carbonyl (C=O) groups is 4. The van der Waals surface area contributed by atoms with Crippen LogP contribution in [-0.2, 0) is 9.59 Å². The van der Waals surface area contributed by atoms with Crippen molar-refractivity contribution in [1.29, 1.82) is 0 Å². The summed E-state index contributed by atoms with van der Waals surface area (Å²) in [6.45, 7) is 1.71. The molecule has 0 aliphatic carbocycles. The molecule has 5 N–H and O–H groups in total. The van der Waals surface area contributed by atoms with Crippen LogP contribution < -0.4 is 21.7 Å². The van der Waals surface area contributed by atoms with Crippen molar-refractivity contribution < 1.29 is 19.2 Å². The van der Waals surface area contributed by atoms with Crippen molar-refractivity contribution in [3.05, 3.63) is 129 Å². The van der Waals surface area contributed by atoms with E-state index in [-0.39, 0.29) is 17.2 Å². The average molecular weight is 634 g/mol. The number of hydrogen-bond acceptors (Lipinski definition) is 5. The molecule has 1 unspecified atom stereocenters. The number of primary amides is 1. The second-order valence-corrected chi connectivity index (χ2v) is 11.4. The van der Waals surface area contributed by atoms with Crippen LogP contribution in [-0.4, -0.2) is 28.9 Å². The molecule has 0 spiro atoms. The maximum absolute atomic E-state index is 13.4. The smallest absolute Gasteiger partial charge is 0.272 e. The highest BCUT2D eigenvalue weighted by Gasteiger charge is 2.19. The van der Waals surface area contributed by atoms with E-state index in [0.29, 0.717) is 37.4 Å². The van der Waals surface area contributed by atoms with Crippen LogP contribution in [0.4, 0.5) is 11.4 Å². The molecule has 43 heavy (non-hydrogen) atoms. The predicted molar refractivity (Wildman–Crippen MR) is 172 cm³/mol. The third kappa shape index (κ3) is 8.48. The van der Waals surface area contributed by atoms with Crippen LogP contribution in [0.2, 0.25) is 10.0 Å². The Labute approximate surface area is 262 Å². The van der Waals surface area contributed by atoms with Crippen LogP contribution in [0, 0.1) is 0 Å². The Balaban J connectivity index is 1.51. The van der Waals surface area contributed by atoms with Gasteiger partial charge in [0.15, 0.2) is 0 Å². The first-order chi connectivity index (χ1) is 20.6. The normalized spacial score (nSPS) is 11.7. The SMILES string of the molecule is CC(Sc1cccc(NC(=O)/C(=C\c2c(Cl)cccc2Cl)NC(=O)c2ccccc2)c1)C(=O)Nc1ccccc1C(N)=O. The molecule has 1 atom stereocenters. The molecule has 0 radical (unpaired) electrons. The quantitative estimate of drug-likeness (QED) is 0.115. The molecule has 0 saturated heterocycles. The molecule has 4 aromatic carbocycles. The lowest BCUT2D eigenvalue weighted by molar-refractivity contribution is -0.115. The Bertz CT molecular complexity index is 1690. The van der Waals surface area contributed by atoms with E-state index in [2.05, 4.69) is 16.0 Å². The van der Waals surface area contributed by atoms with Gasteiger partial charge in [-0.05, 0) is 67.6 Å². The van der Waals surface area contributed by atoms with Gasteiger partial charge in [-0.3, -0.25) is 19.2 Å². The molecule has 0 bridgehead atoms. The average Bonchev–Trinajstić information content (AvgIpc) is 2.99. The lowest BCUT2D eigenvalue weighted by atomic mass is 10.1. The Morgan fingerprint density at radius 3 is 2.16 bits per heavy atom. The predicted octanol–water partition coefficient (Wildman–Crippen LogP) is 6.62. The highest BCUT2D eigenvalue weighted by molar-refractivity contribution is 8.00. The number of para-hydroxylation sites is 1. The van der Waals surface area contributed by atoms with Crippen LogP contribution >= 0.6 is 35.0 Å². The zero-order valence-electron chi connectivity index (χ0n) is 22.8. The van der Waals surface area contributed by atoms with Gasteiger partial charge in [-0.25, -0.2) is 0 Å². The van der Waals surface area contributed by atoms with Crippen molar-refractivity contribution in [3.63, 3.8) is 0 Å². The number of anilines is 2. The molecule has 0 aliphatic rings. The third-order valence-electron chi connectivity index (χ3n) is 6.04. The first-order valence-corrected chi connectivity index (χ1v) is 14.6. The van der Waals surface area contributed by atoms with Gasteiger partial charge in [0.2, 0.25) is 5.91 Å². The molecule has 0 aromatic heterocycles. The van der Waals surface area contributed by atoms with E-state index in [1.165, 1.54) is 23.9 Å². The van der Waals surface area contributed by atoms with E-state index >= 15 is 0 Å². The van der Waals surface area contributed by atoms with Gasteiger partial charge in [-0.1, -0.05) is 65.7 Å². The number of hydrogen-bond donors (Lipinski definition) is 4. The standard InChI is InChI=1S/C32H26Cl2N4O4S/c1-19(30(40)37-27-16-6-5-13-23(27)29(35)39)43-22-12-7-11-21(17-22)36-32(42)28(18-24-25(33)14-8-15-26(24)34)38-31(41)20-9-3-2-4-10-20/h2-19H,1H3,(H2,35,39)(H,36,42)(H,37,40)(H,38,41)/b28-18+. The van der Waals surface area contributed by atoms with E-state index in [0.717, 1.165) is 0 Å². The molecule has 4 amide bonds. The minimum Gasteiger partial charge on any atom is -0.366 e. The van der Waals surface area contributed by atoms with Crippen molar-refractivity contribution in [2.75, 3.05) is 10.6 Å². The number of benzene rings is 4. The first-order valence-electron chi connectivity index (χ1n) is 12.9. The van der Waals surface area contributed by atoms with Crippen LogP contribution in [0.15, 0.2) is 108 Å². The van der Waals surface area contributed by atoms with Gasteiger partial charge in [0.1, 0.15) is 5.70 Å². The monoisotopic (exact) mass is 632 g/mol. The van der Waals surface area contributed by atoms with Crippen LogP contribution in [0.25, 0.3) is 6.08 Å². The fraction of sp³-hybridized carbons (Fsp3) is 0.0625. The van der Waals surface area contributed by atoms with E-state index in [9.17, 15) is 19.2 Å². The Morgan fingerprint density at radius 1 is 0.814 bits per heavy atom. The molecule has 0 fully saturated rings. The molecule has 4 rings (SSSR count). The fourth-order valence-corrected chi connectivity index (χ4v) is 5.31. The van der Waals surface area contributed by atoms with Gasteiger partial charge in [-0.2, -0.15) is 0 Å². The Kier molecular flexibility index (Phi) is 10.6. The minimum atomic E-state index is -0.648. The van der Waals surface area contributed by atoms with E-state index < -0.39 is 23.0 Å². The van der Waals surface area contributed by atoms with Crippen molar-refractivity contribution in [1.82, 2.24) is 5.32 Å². The summed E-state index contributed by atoms with van der Waals surface area (Å²) < 4.78 is 0. The van der Waals surface area contributed by atoms with Crippen molar-refractivity contribution in [3.8, 4) is 0 Å². The summed E-state index contributed by atoms with van der Waals surface area (Å²) in [5.41, 5.74) is 7.01. The summed E-state index contributed by atoms with van der Waals surface area (Å²) in [6, 6.07) is 26.7. The highest BCUT2D eigenvalue weighted by atomic mass is 35.5. The molecule has 0 saturated carbocycles. The van der Waals surface area contributed by atoms with Crippen LogP contribution in [0.3, 0.4) is 0 Å². The number of nitrogens with one attached hydrogen (secondary N) is 3. The topological polar surface area (TPSA) is 130 Å². The lowest BCUT2D eigenvalue weighted by Gasteiger charge is -2.15. The van der Waals surface area contributed by atoms with Crippen molar-refractivity contribution in [2.45, 2.75) is 17.1 Å². The lowest BCUT2D eigenvalue weighted by Crippen LogP contribution is -2.30. The van der Waals surface area contributed by atoms with Crippen molar-refractivity contribution in [2.24, 2.45) is 5.73 Å². The van der Waals surface area contributed by atoms with Gasteiger partial charge in [0.25, 0.3) is 17.7 Å². The summed E-state index contributed by atoms with van der Waals surface area (Å²) in [7, 11) is 0. The van der Waals surface area contributed by atoms with Crippen molar-refractivity contribution >= 4 is 76.0 Å². The van der Waals surface area contributed by atoms with Gasteiger partial charge < -0.3 is 21.7 Å². The number of nitrogens with two attached hydrogens (primary N) is 1. The first kappa shape index (κ1) is 31.4. The zero-order valence-corrected chi connectivity index (χ0v) is 25.1. The van der Waals surface area contributed by atoms with Gasteiger partial charge in [0, 0.05) is 31.8 Å². The molecule has 218 valence electrons. The molecule has 0 heterocycles. The Morgan fingerprint density at radius 2 is 1.47 bits per heavy atom. The minimum absolute atomic E-state index is 0.0808. The summed E-state index contributed by atoms with van der Waals surface area (Å²) in [6.07, 6.45) is 1.41. The summed E-state index contributed by atoms with van der Waals surface area (Å²) in [4.78, 5) is 51.6. The number of halogens is 2. The molecular weight excluding hydrogens is 607 g/mol. The molecular formula is C32H26Cl2N4O4S. The molecule has 0 aliphatic heterocycles. The summed E-state index contributed by atoms with van der Waals surface area (Å²) in [5, 5.41) is 8.22. The number of amides is 4. The number of carbonyl (C=O) groups excluding carboxylic acids is 4.